The SMILES string of the molecule is C=Cc1ccc(S(=O)(=O)N(C)S(=O)(=O)C(F)(F)F)cc1. The van der Waals surface area contributed by atoms with Gasteiger partial charge in [0, 0.05) is 7.05 Å². The molecule has 0 fully saturated rings. The van der Waals surface area contributed by atoms with Crippen LogP contribution >= 0.6 is 0 Å². The fraction of sp³-hybridized carbons (Fsp3) is 0.200. The lowest BCUT2D eigenvalue weighted by Gasteiger charge is -2.18. The normalized spacial score (nSPS) is 13.4. The van der Waals surface area contributed by atoms with Crippen LogP contribution in [0.4, 0.5) is 13.2 Å². The topological polar surface area (TPSA) is 71.5 Å². The van der Waals surface area contributed by atoms with Crippen molar-refractivity contribution in [1.29, 1.82) is 0 Å². The Labute approximate surface area is 114 Å². The highest BCUT2D eigenvalue weighted by Crippen LogP contribution is 2.29. The molecule has 0 heterocycles. The standard InChI is InChI=1S/C10H10F3NO4S2/c1-3-8-4-6-9(7-5-8)19(15,16)14(2)20(17,18)10(11,12)13/h3-7H,1H2,2H3. The van der Waals surface area contributed by atoms with Gasteiger partial charge in [0.25, 0.3) is 10.0 Å². The molecule has 0 aliphatic carbocycles. The van der Waals surface area contributed by atoms with Gasteiger partial charge in [0.2, 0.25) is 0 Å². The molecule has 20 heavy (non-hydrogen) atoms. The maximum absolute atomic E-state index is 12.3. The van der Waals surface area contributed by atoms with Crippen molar-refractivity contribution in [3.05, 3.63) is 36.4 Å². The van der Waals surface area contributed by atoms with E-state index in [1.54, 1.807) is 0 Å². The molecule has 0 aliphatic rings. The Morgan fingerprint density at radius 3 is 1.90 bits per heavy atom. The minimum absolute atomic E-state index is 0.333. The van der Waals surface area contributed by atoms with E-state index >= 15 is 0 Å². The van der Waals surface area contributed by atoms with Gasteiger partial charge in [0.05, 0.1) is 4.90 Å². The van der Waals surface area contributed by atoms with Crippen molar-refractivity contribution in [2.24, 2.45) is 0 Å². The van der Waals surface area contributed by atoms with Crippen LogP contribution in [0.25, 0.3) is 6.08 Å². The van der Waals surface area contributed by atoms with E-state index in [-0.39, 0.29) is 0 Å². The molecular weight excluding hydrogens is 319 g/mol. The fourth-order valence-electron chi connectivity index (χ4n) is 1.20. The molecular formula is C10H10F3NO4S2. The third-order valence-electron chi connectivity index (χ3n) is 2.38. The summed E-state index contributed by atoms with van der Waals surface area (Å²) in [6, 6.07) is 4.56. The predicted octanol–water partition coefficient (Wildman–Crippen LogP) is 1.80. The van der Waals surface area contributed by atoms with Crippen molar-refractivity contribution < 1.29 is 30.0 Å². The summed E-state index contributed by atoms with van der Waals surface area (Å²) < 4.78 is 82.2. The highest BCUT2D eigenvalue weighted by Gasteiger charge is 2.52. The molecule has 1 aromatic carbocycles. The van der Waals surface area contributed by atoms with Crippen LogP contribution < -0.4 is 0 Å². The zero-order valence-electron chi connectivity index (χ0n) is 10.1. The van der Waals surface area contributed by atoms with Crippen LogP contribution in [0.15, 0.2) is 35.7 Å². The lowest BCUT2D eigenvalue weighted by atomic mass is 10.2. The summed E-state index contributed by atoms with van der Waals surface area (Å²) in [4.78, 5) is -0.571. The number of hydrogen-bond acceptors (Lipinski definition) is 4. The van der Waals surface area contributed by atoms with Gasteiger partial charge in [-0.3, -0.25) is 0 Å². The molecule has 0 bridgehead atoms. The molecule has 0 atom stereocenters. The third kappa shape index (κ3) is 2.86. The van der Waals surface area contributed by atoms with Crippen molar-refractivity contribution in [1.82, 2.24) is 3.71 Å². The first-order chi connectivity index (χ1) is 8.94. The molecule has 0 saturated carbocycles. The van der Waals surface area contributed by atoms with E-state index in [1.165, 1.54) is 18.2 Å². The molecule has 0 aromatic heterocycles. The maximum Gasteiger partial charge on any atom is 0.512 e. The number of halogens is 3. The lowest BCUT2D eigenvalue weighted by molar-refractivity contribution is -0.0465. The number of alkyl halides is 3. The van der Waals surface area contributed by atoms with Crippen LogP contribution in [-0.4, -0.2) is 33.1 Å². The molecule has 0 amide bonds. The molecule has 0 unspecified atom stereocenters. The lowest BCUT2D eigenvalue weighted by Crippen LogP contribution is -2.41. The summed E-state index contributed by atoms with van der Waals surface area (Å²) in [5, 5.41) is 0. The first-order valence-corrected chi connectivity index (χ1v) is 7.85. The predicted molar refractivity (Wildman–Crippen MR) is 66.5 cm³/mol. The molecule has 5 nitrogen and oxygen atoms in total. The van der Waals surface area contributed by atoms with E-state index in [0.29, 0.717) is 12.6 Å². The number of benzene rings is 1. The second-order valence-corrected chi connectivity index (χ2v) is 7.77. The van der Waals surface area contributed by atoms with Crippen molar-refractivity contribution >= 4 is 26.1 Å². The summed E-state index contributed by atoms with van der Waals surface area (Å²) in [5.41, 5.74) is -5.17. The van der Waals surface area contributed by atoms with Crippen molar-refractivity contribution in [3.63, 3.8) is 0 Å². The van der Waals surface area contributed by atoms with E-state index in [2.05, 4.69) is 6.58 Å². The largest absolute Gasteiger partial charge is 0.512 e. The Morgan fingerprint density at radius 1 is 1.10 bits per heavy atom. The van der Waals surface area contributed by atoms with Gasteiger partial charge >= 0.3 is 15.5 Å². The van der Waals surface area contributed by atoms with Crippen LogP contribution in [-0.2, 0) is 20.0 Å². The first-order valence-electron chi connectivity index (χ1n) is 4.97. The maximum atomic E-state index is 12.3. The Kier molecular flexibility index (Phi) is 4.32. The summed E-state index contributed by atoms with van der Waals surface area (Å²) in [6.45, 7) is 3.42. The Morgan fingerprint density at radius 2 is 1.55 bits per heavy atom. The van der Waals surface area contributed by atoms with E-state index in [9.17, 15) is 30.0 Å². The van der Waals surface area contributed by atoms with Crippen LogP contribution in [0.5, 0.6) is 0 Å². The molecule has 0 spiro atoms. The number of nitrogens with zero attached hydrogens (tertiary/aromatic N) is 1. The Hall–Kier alpha value is -1.39. The van der Waals surface area contributed by atoms with E-state index in [0.717, 1.165) is 12.1 Å². The van der Waals surface area contributed by atoms with Crippen LogP contribution in [0.2, 0.25) is 0 Å². The average molecular weight is 329 g/mol. The quantitative estimate of drug-likeness (QED) is 0.844. The second-order valence-electron chi connectivity index (χ2n) is 3.61. The highest BCUT2D eigenvalue weighted by atomic mass is 32.3. The highest BCUT2D eigenvalue weighted by molar-refractivity contribution is 8.04. The van der Waals surface area contributed by atoms with Gasteiger partial charge in [-0.05, 0) is 17.7 Å². The smallest absolute Gasteiger partial charge is 0.206 e. The van der Waals surface area contributed by atoms with E-state index in [4.69, 9.17) is 0 Å². The molecule has 10 heteroatoms. The van der Waals surface area contributed by atoms with Crippen molar-refractivity contribution in [2.45, 2.75) is 10.4 Å². The van der Waals surface area contributed by atoms with Gasteiger partial charge in [-0.2, -0.15) is 13.2 Å². The summed E-state index contributed by atoms with van der Waals surface area (Å²) in [5.74, 6) is 0. The number of rotatable bonds is 4. The molecule has 112 valence electrons. The van der Waals surface area contributed by atoms with Crippen molar-refractivity contribution in [3.8, 4) is 0 Å². The zero-order chi connectivity index (χ0) is 15.8. The van der Waals surface area contributed by atoms with Crippen LogP contribution in [0.1, 0.15) is 5.56 Å². The molecule has 1 rings (SSSR count). The van der Waals surface area contributed by atoms with E-state index in [1.807, 2.05) is 0 Å². The van der Waals surface area contributed by atoms with Crippen molar-refractivity contribution in [2.75, 3.05) is 7.05 Å². The van der Waals surface area contributed by atoms with E-state index < -0.39 is 34.2 Å². The van der Waals surface area contributed by atoms with Gasteiger partial charge in [-0.25, -0.2) is 16.8 Å². The van der Waals surface area contributed by atoms with Gasteiger partial charge in [0.1, 0.15) is 0 Å². The monoisotopic (exact) mass is 329 g/mol. The summed E-state index contributed by atoms with van der Waals surface area (Å²) in [7, 11) is -10.5. The van der Waals surface area contributed by atoms with Gasteiger partial charge < -0.3 is 0 Å². The fourth-order valence-corrected chi connectivity index (χ4v) is 3.81. The molecule has 0 N–H and O–H groups in total. The van der Waals surface area contributed by atoms with Crippen LogP contribution in [0.3, 0.4) is 0 Å². The minimum Gasteiger partial charge on any atom is -0.206 e. The Balaban J connectivity index is 3.33. The first kappa shape index (κ1) is 16.7. The summed E-state index contributed by atoms with van der Waals surface area (Å²) in [6.07, 6.45) is 1.40. The van der Waals surface area contributed by atoms with Gasteiger partial charge in [-0.15, -0.1) is 0 Å². The molecule has 0 radical (unpaired) electrons. The number of hydrogen-bond donors (Lipinski definition) is 0. The molecule has 1 aromatic rings. The van der Waals surface area contributed by atoms with Gasteiger partial charge in [-0.1, -0.05) is 28.5 Å². The third-order valence-corrected chi connectivity index (χ3v) is 6.37. The number of sulfonamides is 2. The van der Waals surface area contributed by atoms with Gasteiger partial charge in [0.15, 0.2) is 0 Å². The Bertz CT molecular complexity index is 706. The second kappa shape index (κ2) is 5.19. The average Bonchev–Trinajstić information content (AvgIpc) is 2.36. The molecule has 0 aliphatic heterocycles. The zero-order valence-corrected chi connectivity index (χ0v) is 11.8. The van der Waals surface area contributed by atoms with Crippen LogP contribution in [0, 0.1) is 0 Å². The molecule has 0 saturated heterocycles. The summed E-state index contributed by atoms with van der Waals surface area (Å²) >= 11 is 0. The minimum atomic E-state index is -5.97.